The molecular weight excluding hydrogens is 232 g/mol. The van der Waals surface area contributed by atoms with Gasteiger partial charge in [-0.2, -0.15) is 0 Å². The van der Waals surface area contributed by atoms with E-state index in [-0.39, 0.29) is 30.8 Å². The van der Waals surface area contributed by atoms with Gasteiger partial charge in [-0.25, -0.2) is 0 Å². The van der Waals surface area contributed by atoms with Crippen LogP contribution in [-0.4, -0.2) is 38.1 Å². The minimum atomic E-state index is -0.379. The maximum atomic E-state index is 11.4. The first-order chi connectivity index (χ1) is 7.22. The highest BCUT2D eigenvalue weighted by atomic mass is 35.5. The zero-order valence-corrected chi connectivity index (χ0v) is 10.3. The second-order valence-corrected chi connectivity index (χ2v) is 3.64. The van der Waals surface area contributed by atoms with Gasteiger partial charge in [0, 0.05) is 6.42 Å². The number of carbonyl (C=O) groups is 2. The number of esters is 1. The predicted octanol–water partition coefficient (Wildman–Crippen LogP) is 0.0871. The SMILES string of the molecule is CCOC(=O)CNC(=O)CC1CCNC1.Cl. The third-order valence-electron chi connectivity index (χ3n) is 2.37. The van der Waals surface area contributed by atoms with E-state index in [2.05, 4.69) is 10.6 Å². The zero-order valence-electron chi connectivity index (χ0n) is 9.45. The molecule has 6 heteroatoms. The van der Waals surface area contributed by atoms with E-state index < -0.39 is 0 Å². The van der Waals surface area contributed by atoms with Gasteiger partial charge in [-0.05, 0) is 32.4 Å². The zero-order chi connectivity index (χ0) is 11.1. The van der Waals surface area contributed by atoms with Gasteiger partial charge in [0.1, 0.15) is 6.54 Å². The molecule has 94 valence electrons. The Balaban J connectivity index is 0.00000225. The second kappa shape index (κ2) is 8.35. The molecule has 0 aromatic heterocycles. The molecule has 2 N–H and O–H groups in total. The lowest BCUT2D eigenvalue weighted by atomic mass is 10.0. The molecule has 0 aromatic rings. The van der Waals surface area contributed by atoms with E-state index in [1.807, 2.05) is 0 Å². The van der Waals surface area contributed by atoms with Crippen molar-refractivity contribution in [2.75, 3.05) is 26.2 Å². The highest BCUT2D eigenvalue weighted by molar-refractivity contribution is 5.85. The summed E-state index contributed by atoms with van der Waals surface area (Å²) in [6, 6.07) is 0. The van der Waals surface area contributed by atoms with Crippen molar-refractivity contribution < 1.29 is 14.3 Å². The third-order valence-corrected chi connectivity index (χ3v) is 2.37. The van der Waals surface area contributed by atoms with Crippen molar-refractivity contribution in [3.05, 3.63) is 0 Å². The number of carbonyl (C=O) groups excluding carboxylic acids is 2. The molecule has 0 saturated carbocycles. The minimum Gasteiger partial charge on any atom is -0.465 e. The summed E-state index contributed by atoms with van der Waals surface area (Å²) in [5.74, 6) is -0.0423. The van der Waals surface area contributed by atoms with Crippen LogP contribution in [0.15, 0.2) is 0 Å². The van der Waals surface area contributed by atoms with E-state index in [0.29, 0.717) is 18.9 Å². The van der Waals surface area contributed by atoms with Gasteiger partial charge >= 0.3 is 5.97 Å². The van der Waals surface area contributed by atoms with Gasteiger partial charge in [0.2, 0.25) is 5.91 Å². The first-order valence-electron chi connectivity index (χ1n) is 5.35. The van der Waals surface area contributed by atoms with E-state index >= 15 is 0 Å². The van der Waals surface area contributed by atoms with Crippen LogP contribution in [0.1, 0.15) is 19.8 Å². The molecule has 1 atom stereocenters. The number of rotatable bonds is 5. The summed E-state index contributed by atoms with van der Waals surface area (Å²) < 4.78 is 4.70. The van der Waals surface area contributed by atoms with Crippen LogP contribution < -0.4 is 10.6 Å². The van der Waals surface area contributed by atoms with Crippen molar-refractivity contribution in [2.24, 2.45) is 5.92 Å². The summed E-state index contributed by atoms with van der Waals surface area (Å²) >= 11 is 0. The Kier molecular flexibility index (Phi) is 7.93. The van der Waals surface area contributed by atoms with Crippen molar-refractivity contribution in [2.45, 2.75) is 19.8 Å². The van der Waals surface area contributed by atoms with Crippen LogP contribution in [0, 0.1) is 5.92 Å². The first kappa shape index (κ1) is 15.2. The molecule has 1 heterocycles. The number of hydrogen-bond donors (Lipinski definition) is 2. The number of amides is 1. The first-order valence-corrected chi connectivity index (χ1v) is 5.35. The minimum absolute atomic E-state index is 0. The van der Waals surface area contributed by atoms with E-state index in [9.17, 15) is 9.59 Å². The van der Waals surface area contributed by atoms with Crippen LogP contribution in [-0.2, 0) is 14.3 Å². The van der Waals surface area contributed by atoms with Crippen LogP contribution >= 0.6 is 12.4 Å². The Morgan fingerprint density at radius 1 is 1.50 bits per heavy atom. The molecule has 1 rings (SSSR count). The van der Waals surface area contributed by atoms with Gasteiger partial charge in [-0.3, -0.25) is 9.59 Å². The Bertz CT molecular complexity index is 230. The number of hydrogen-bond acceptors (Lipinski definition) is 4. The lowest BCUT2D eigenvalue weighted by Gasteiger charge is -2.08. The molecular formula is C10H19ClN2O3. The topological polar surface area (TPSA) is 67.4 Å². The summed E-state index contributed by atoms with van der Waals surface area (Å²) in [6.45, 7) is 3.95. The highest BCUT2D eigenvalue weighted by Crippen LogP contribution is 2.11. The fourth-order valence-electron chi connectivity index (χ4n) is 1.61. The molecule has 1 aliphatic rings. The quantitative estimate of drug-likeness (QED) is 0.679. The monoisotopic (exact) mass is 250 g/mol. The number of nitrogens with one attached hydrogen (secondary N) is 2. The number of ether oxygens (including phenoxy) is 1. The van der Waals surface area contributed by atoms with E-state index in [4.69, 9.17) is 4.74 Å². The van der Waals surface area contributed by atoms with Crippen LogP contribution in [0.3, 0.4) is 0 Å². The van der Waals surface area contributed by atoms with Crippen LogP contribution in [0.5, 0.6) is 0 Å². The Labute approximate surface area is 102 Å². The maximum absolute atomic E-state index is 11.4. The smallest absolute Gasteiger partial charge is 0.325 e. The van der Waals surface area contributed by atoms with Crippen LogP contribution in [0.2, 0.25) is 0 Å². The lowest BCUT2D eigenvalue weighted by molar-refractivity contribution is -0.143. The van der Waals surface area contributed by atoms with Gasteiger partial charge in [-0.1, -0.05) is 0 Å². The fraction of sp³-hybridized carbons (Fsp3) is 0.800. The van der Waals surface area contributed by atoms with Crippen molar-refractivity contribution in [1.82, 2.24) is 10.6 Å². The molecule has 0 bridgehead atoms. The summed E-state index contributed by atoms with van der Waals surface area (Å²) in [5.41, 5.74) is 0. The second-order valence-electron chi connectivity index (χ2n) is 3.64. The Hall–Kier alpha value is -0.810. The van der Waals surface area contributed by atoms with Gasteiger partial charge in [0.15, 0.2) is 0 Å². The molecule has 16 heavy (non-hydrogen) atoms. The van der Waals surface area contributed by atoms with Crippen molar-refractivity contribution >= 4 is 24.3 Å². The van der Waals surface area contributed by atoms with Gasteiger partial charge in [0.25, 0.3) is 0 Å². The standard InChI is InChI=1S/C10H18N2O3.ClH/c1-2-15-10(14)7-12-9(13)5-8-3-4-11-6-8;/h8,11H,2-7H2,1H3,(H,12,13);1H. The molecule has 1 saturated heterocycles. The summed E-state index contributed by atoms with van der Waals surface area (Å²) in [5, 5.41) is 5.74. The predicted molar refractivity (Wildman–Crippen MR) is 62.5 cm³/mol. The average Bonchev–Trinajstić information content (AvgIpc) is 2.68. The molecule has 0 aromatic carbocycles. The Morgan fingerprint density at radius 2 is 2.25 bits per heavy atom. The van der Waals surface area contributed by atoms with Gasteiger partial charge in [-0.15, -0.1) is 12.4 Å². The molecule has 1 unspecified atom stereocenters. The highest BCUT2D eigenvalue weighted by Gasteiger charge is 2.18. The fourth-order valence-corrected chi connectivity index (χ4v) is 1.61. The normalized spacial score (nSPS) is 18.7. The lowest BCUT2D eigenvalue weighted by Crippen LogP contribution is -2.32. The van der Waals surface area contributed by atoms with Gasteiger partial charge in [0.05, 0.1) is 6.61 Å². The summed E-state index contributed by atoms with van der Waals surface area (Å²) in [6.07, 6.45) is 1.53. The summed E-state index contributed by atoms with van der Waals surface area (Å²) in [7, 11) is 0. The van der Waals surface area contributed by atoms with Crippen LogP contribution in [0.4, 0.5) is 0 Å². The van der Waals surface area contributed by atoms with Crippen molar-refractivity contribution in [1.29, 1.82) is 0 Å². The molecule has 0 radical (unpaired) electrons. The molecule has 0 aliphatic carbocycles. The van der Waals surface area contributed by atoms with Gasteiger partial charge < -0.3 is 15.4 Å². The summed E-state index contributed by atoms with van der Waals surface area (Å²) in [4.78, 5) is 22.3. The third kappa shape index (κ3) is 5.92. The maximum Gasteiger partial charge on any atom is 0.325 e. The van der Waals surface area contributed by atoms with E-state index in [0.717, 1.165) is 19.5 Å². The molecule has 1 fully saturated rings. The van der Waals surface area contributed by atoms with Crippen molar-refractivity contribution in [3.63, 3.8) is 0 Å². The van der Waals surface area contributed by atoms with E-state index in [1.165, 1.54) is 0 Å². The Morgan fingerprint density at radius 3 is 2.81 bits per heavy atom. The van der Waals surface area contributed by atoms with Crippen molar-refractivity contribution in [3.8, 4) is 0 Å². The molecule has 1 amide bonds. The molecule has 0 spiro atoms. The molecule has 1 aliphatic heterocycles. The average molecular weight is 251 g/mol. The number of halogens is 1. The molecule has 5 nitrogen and oxygen atoms in total. The van der Waals surface area contributed by atoms with E-state index in [1.54, 1.807) is 6.92 Å². The largest absolute Gasteiger partial charge is 0.465 e. The van der Waals surface area contributed by atoms with Crippen LogP contribution in [0.25, 0.3) is 0 Å².